The first-order valence-electron chi connectivity index (χ1n) is 3.85. The van der Waals surface area contributed by atoms with Gasteiger partial charge in [-0.15, -0.1) is 0 Å². The molecule has 1 aromatic carbocycles. The Morgan fingerprint density at radius 1 is 1.42 bits per heavy atom. The average molecular weight is 229 g/mol. The summed E-state index contributed by atoms with van der Waals surface area (Å²) in [5.41, 5.74) is 0.892. The lowest BCUT2D eigenvalue weighted by molar-refractivity contribution is 0.626. The zero-order chi connectivity index (χ0) is 8.97. The van der Waals surface area contributed by atoms with Gasteiger partial charge in [0, 0.05) is 4.47 Å². The summed E-state index contributed by atoms with van der Waals surface area (Å²) in [7, 11) is 0. The number of hydrogen-bond acceptors (Lipinski definition) is 0. The lowest BCUT2D eigenvalue weighted by atomic mass is 10.2. The van der Waals surface area contributed by atoms with Crippen LogP contribution in [0.2, 0.25) is 0 Å². The summed E-state index contributed by atoms with van der Waals surface area (Å²) in [5.74, 6) is -0.208. The molecule has 0 unspecified atom stereocenters. The lowest BCUT2D eigenvalue weighted by Crippen LogP contribution is -1.77. The van der Waals surface area contributed by atoms with Crippen molar-refractivity contribution in [1.82, 2.24) is 0 Å². The molecule has 0 nitrogen and oxygen atoms in total. The lowest BCUT2D eigenvalue weighted by Gasteiger charge is -1.95. The molecule has 12 heavy (non-hydrogen) atoms. The molecule has 0 spiro atoms. The van der Waals surface area contributed by atoms with Gasteiger partial charge in [0.05, 0.1) is 0 Å². The summed E-state index contributed by atoms with van der Waals surface area (Å²) in [4.78, 5) is 0. The highest BCUT2D eigenvalue weighted by molar-refractivity contribution is 9.10. The maximum absolute atomic E-state index is 12.8. The van der Waals surface area contributed by atoms with Gasteiger partial charge in [0.1, 0.15) is 5.82 Å². The summed E-state index contributed by atoms with van der Waals surface area (Å²) in [6, 6.07) is 4.84. The van der Waals surface area contributed by atoms with E-state index in [9.17, 15) is 4.39 Å². The van der Waals surface area contributed by atoms with Crippen LogP contribution in [-0.4, -0.2) is 0 Å². The predicted octanol–water partition coefficient (Wildman–Crippen LogP) is 4.01. The van der Waals surface area contributed by atoms with Gasteiger partial charge in [0.15, 0.2) is 0 Å². The number of halogens is 2. The van der Waals surface area contributed by atoms with Gasteiger partial charge in [-0.1, -0.05) is 35.0 Å². The Balaban J connectivity index is 2.93. The van der Waals surface area contributed by atoms with Crippen LogP contribution in [0.15, 0.2) is 28.7 Å². The second-order valence-electron chi connectivity index (χ2n) is 2.51. The highest BCUT2D eigenvalue weighted by Gasteiger charge is 1.94. The van der Waals surface area contributed by atoms with E-state index in [1.165, 1.54) is 12.1 Å². The Labute approximate surface area is 80.2 Å². The summed E-state index contributed by atoms with van der Waals surface area (Å²) in [6.45, 7) is 2.05. The van der Waals surface area contributed by atoms with Crippen LogP contribution in [0.3, 0.4) is 0 Å². The van der Waals surface area contributed by atoms with Gasteiger partial charge in [-0.25, -0.2) is 4.39 Å². The van der Waals surface area contributed by atoms with Crippen LogP contribution in [0.5, 0.6) is 0 Å². The fourth-order valence-corrected chi connectivity index (χ4v) is 1.41. The largest absolute Gasteiger partial charge is 0.207 e. The van der Waals surface area contributed by atoms with Crippen LogP contribution in [-0.2, 0) is 0 Å². The second kappa shape index (κ2) is 4.41. The predicted molar refractivity (Wildman–Crippen MR) is 53.4 cm³/mol. The number of benzene rings is 1. The normalized spacial score (nSPS) is 10.9. The quantitative estimate of drug-likeness (QED) is 0.718. The topological polar surface area (TPSA) is 0 Å². The zero-order valence-electron chi connectivity index (χ0n) is 6.85. The molecule has 0 aliphatic carbocycles. The first kappa shape index (κ1) is 9.46. The molecule has 0 bridgehead atoms. The van der Waals surface area contributed by atoms with E-state index in [2.05, 4.69) is 15.9 Å². The molecule has 64 valence electrons. The van der Waals surface area contributed by atoms with Crippen molar-refractivity contribution in [1.29, 1.82) is 0 Å². The standard InChI is InChI=1S/C10H10BrF/c1-2-3-4-8-5-9(11)7-10(12)6-8/h3-7H,2H2,1H3. The third kappa shape index (κ3) is 2.78. The van der Waals surface area contributed by atoms with Crippen molar-refractivity contribution >= 4 is 22.0 Å². The van der Waals surface area contributed by atoms with Crippen molar-refractivity contribution in [2.24, 2.45) is 0 Å². The van der Waals surface area contributed by atoms with Crippen LogP contribution >= 0.6 is 15.9 Å². The minimum Gasteiger partial charge on any atom is -0.207 e. The van der Waals surface area contributed by atoms with E-state index < -0.39 is 0 Å². The molecular weight excluding hydrogens is 219 g/mol. The Bertz CT molecular complexity index is 272. The molecule has 0 heterocycles. The SMILES string of the molecule is CCC=Cc1cc(F)cc(Br)c1. The minimum absolute atomic E-state index is 0.208. The first-order valence-corrected chi connectivity index (χ1v) is 4.64. The Morgan fingerprint density at radius 2 is 2.17 bits per heavy atom. The molecular formula is C10H10BrF. The molecule has 1 rings (SSSR count). The zero-order valence-corrected chi connectivity index (χ0v) is 8.44. The monoisotopic (exact) mass is 228 g/mol. The first-order chi connectivity index (χ1) is 5.72. The summed E-state index contributed by atoms with van der Waals surface area (Å²) in [6.07, 6.45) is 4.88. The van der Waals surface area contributed by atoms with Gasteiger partial charge >= 0.3 is 0 Å². The Morgan fingerprint density at radius 3 is 2.75 bits per heavy atom. The van der Waals surface area contributed by atoms with Crippen molar-refractivity contribution in [2.75, 3.05) is 0 Å². The van der Waals surface area contributed by atoms with E-state index in [1.54, 1.807) is 0 Å². The maximum Gasteiger partial charge on any atom is 0.124 e. The number of allylic oxidation sites excluding steroid dienone is 1. The van der Waals surface area contributed by atoms with Crippen molar-refractivity contribution in [2.45, 2.75) is 13.3 Å². The average Bonchev–Trinajstić information content (AvgIpc) is 1.99. The van der Waals surface area contributed by atoms with Gasteiger partial charge in [-0.3, -0.25) is 0 Å². The molecule has 0 aliphatic heterocycles. The smallest absolute Gasteiger partial charge is 0.124 e. The van der Waals surface area contributed by atoms with E-state index in [4.69, 9.17) is 0 Å². The van der Waals surface area contributed by atoms with Gasteiger partial charge < -0.3 is 0 Å². The van der Waals surface area contributed by atoms with E-state index in [0.29, 0.717) is 0 Å². The highest BCUT2D eigenvalue weighted by atomic mass is 79.9. The van der Waals surface area contributed by atoms with Gasteiger partial charge in [-0.2, -0.15) is 0 Å². The van der Waals surface area contributed by atoms with Crippen LogP contribution in [0.25, 0.3) is 6.08 Å². The molecule has 0 amide bonds. The summed E-state index contributed by atoms with van der Waals surface area (Å²) < 4.78 is 13.6. The molecule has 0 saturated heterocycles. The van der Waals surface area contributed by atoms with Crippen molar-refractivity contribution in [3.8, 4) is 0 Å². The van der Waals surface area contributed by atoms with Gasteiger partial charge in [-0.05, 0) is 30.2 Å². The number of rotatable bonds is 2. The van der Waals surface area contributed by atoms with Gasteiger partial charge in [0.2, 0.25) is 0 Å². The van der Waals surface area contributed by atoms with Crippen LogP contribution in [0.4, 0.5) is 4.39 Å². The summed E-state index contributed by atoms with van der Waals surface area (Å²) >= 11 is 3.23. The van der Waals surface area contributed by atoms with Crippen LogP contribution in [0, 0.1) is 5.82 Å². The Hall–Kier alpha value is -0.630. The molecule has 0 atom stereocenters. The molecule has 0 N–H and O–H groups in total. The van der Waals surface area contributed by atoms with Crippen molar-refractivity contribution < 1.29 is 4.39 Å². The third-order valence-corrected chi connectivity index (χ3v) is 1.89. The van der Waals surface area contributed by atoms with E-state index in [-0.39, 0.29) is 5.82 Å². The fourth-order valence-electron chi connectivity index (χ4n) is 0.925. The van der Waals surface area contributed by atoms with Crippen LogP contribution in [0.1, 0.15) is 18.9 Å². The van der Waals surface area contributed by atoms with E-state index in [0.717, 1.165) is 16.5 Å². The molecule has 2 heteroatoms. The van der Waals surface area contributed by atoms with E-state index >= 15 is 0 Å². The molecule has 0 aliphatic rings. The third-order valence-electron chi connectivity index (χ3n) is 1.43. The highest BCUT2D eigenvalue weighted by Crippen LogP contribution is 2.15. The molecule has 0 fully saturated rings. The fraction of sp³-hybridized carbons (Fsp3) is 0.200. The van der Waals surface area contributed by atoms with Gasteiger partial charge in [0.25, 0.3) is 0 Å². The minimum atomic E-state index is -0.208. The molecule has 0 aromatic heterocycles. The maximum atomic E-state index is 12.8. The van der Waals surface area contributed by atoms with E-state index in [1.807, 2.05) is 25.1 Å². The van der Waals surface area contributed by atoms with Crippen LogP contribution < -0.4 is 0 Å². The van der Waals surface area contributed by atoms with Crippen molar-refractivity contribution in [3.05, 3.63) is 40.1 Å². The Kier molecular flexibility index (Phi) is 3.48. The molecule has 1 aromatic rings. The second-order valence-corrected chi connectivity index (χ2v) is 3.43. The molecule has 0 saturated carbocycles. The molecule has 0 radical (unpaired) electrons. The number of hydrogen-bond donors (Lipinski definition) is 0. The summed E-state index contributed by atoms with van der Waals surface area (Å²) in [5, 5.41) is 0. The van der Waals surface area contributed by atoms with Crippen molar-refractivity contribution in [3.63, 3.8) is 0 Å².